The highest BCUT2D eigenvalue weighted by molar-refractivity contribution is 9.10. The van der Waals surface area contributed by atoms with Crippen LogP contribution < -0.4 is 10.5 Å². The van der Waals surface area contributed by atoms with Crippen molar-refractivity contribution in [2.75, 3.05) is 4.72 Å². The van der Waals surface area contributed by atoms with Gasteiger partial charge in [-0.05, 0) is 51.5 Å². The molecule has 2 aromatic rings. The standard InChI is InChI=1S/C11H12BrN3O2S2/c1-7-2-10(14-5-9(7)12)15-19(16,17)11-3-8(4-13)6-18-11/h2-3,5-6H,4,13H2,1H3,(H,14,15). The van der Waals surface area contributed by atoms with E-state index in [4.69, 9.17) is 5.73 Å². The van der Waals surface area contributed by atoms with E-state index in [1.54, 1.807) is 23.7 Å². The lowest BCUT2D eigenvalue weighted by Crippen LogP contribution is -2.12. The Morgan fingerprint density at radius 1 is 1.47 bits per heavy atom. The molecule has 19 heavy (non-hydrogen) atoms. The molecular weight excluding hydrogens is 350 g/mol. The van der Waals surface area contributed by atoms with Gasteiger partial charge in [0.15, 0.2) is 0 Å². The number of nitrogens with two attached hydrogens (primary N) is 1. The van der Waals surface area contributed by atoms with Crippen LogP contribution in [0, 0.1) is 6.92 Å². The number of rotatable bonds is 4. The summed E-state index contributed by atoms with van der Waals surface area (Å²) in [5.74, 6) is 0.295. The van der Waals surface area contributed by atoms with Crippen LogP contribution in [0.25, 0.3) is 0 Å². The first kappa shape index (κ1) is 14.4. The van der Waals surface area contributed by atoms with E-state index in [-0.39, 0.29) is 4.21 Å². The molecule has 8 heteroatoms. The van der Waals surface area contributed by atoms with E-state index in [0.29, 0.717) is 12.4 Å². The topological polar surface area (TPSA) is 85.1 Å². The first-order chi connectivity index (χ1) is 8.92. The molecule has 0 unspecified atom stereocenters. The predicted octanol–water partition coefficient (Wildman–Crippen LogP) is 2.47. The van der Waals surface area contributed by atoms with Gasteiger partial charge in [-0.25, -0.2) is 13.4 Å². The minimum absolute atomic E-state index is 0.232. The molecule has 0 saturated heterocycles. The van der Waals surface area contributed by atoms with Crippen molar-refractivity contribution >= 4 is 43.1 Å². The van der Waals surface area contributed by atoms with Gasteiger partial charge in [-0.2, -0.15) is 0 Å². The lowest BCUT2D eigenvalue weighted by molar-refractivity contribution is 0.603. The number of aryl methyl sites for hydroxylation is 1. The summed E-state index contributed by atoms with van der Waals surface area (Å²) in [6.45, 7) is 2.18. The van der Waals surface area contributed by atoms with Crippen molar-refractivity contribution < 1.29 is 8.42 Å². The van der Waals surface area contributed by atoms with E-state index in [0.717, 1.165) is 26.9 Å². The van der Waals surface area contributed by atoms with Crippen LogP contribution in [0.5, 0.6) is 0 Å². The van der Waals surface area contributed by atoms with Crippen LogP contribution in [0.3, 0.4) is 0 Å². The lowest BCUT2D eigenvalue weighted by atomic mass is 10.3. The fourth-order valence-electron chi connectivity index (χ4n) is 1.38. The van der Waals surface area contributed by atoms with Crippen molar-refractivity contribution in [3.05, 3.63) is 39.3 Å². The average molecular weight is 362 g/mol. The van der Waals surface area contributed by atoms with Crippen molar-refractivity contribution in [2.45, 2.75) is 17.7 Å². The molecule has 0 amide bonds. The van der Waals surface area contributed by atoms with E-state index in [1.165, 1.54) is 0 Å². The summed E-state index contributed by atoms with van der Waals surface area (Å²) in [5, 5.41) is 1.73. The van der Waals surface area contributed by atoms with E-state index >= 15 is 0 Å². The van der Waals surface area contributed by atoms with Crippen LogP contribution >= 0.6 is 27.3 Å². The molecule has 0 bridgehead atoms. The summed E-state index contributed by atoms with van der Waals surface area (Å²) < 4.78 is 27.8. The molecule has 102 valence electrons. The van der Waals surface area contributed by atoms with Gasteiger partial charge in [0.25, 0.3) is 10.0 Å². The number of hydrogen-bond acceptors (Lipinski definition) is 5. The van der Waals surface area contributed by atoms with Crippen molar-refractivity contribution in [3.63, 3.8) is 0 Å². The number of nitrogens with one attached hydrogen (secondary N) is 1. The van der Waals surface area contributed by atoms with Crippen molar-refractivity contribution in [3.8, 4) is 0 Å². The molecule has 0 atom stereocenters. The molecule has 5 nitrogen and oxygen atoms in total. The van der Waals surface area contributed by atoms with E-state index in [9.17, 15) is 8.42 Å². The third-order valence-corrected chi connectivity index (χ3v) is 6.09. The largest absolute Gasteiger partial charge is 0.326 e. The molecule has 0 aliphatic rings. The van der Waals surface area contributed by atoms with Crippen LogP contribution in [0.4, 0.5) is 5.82 Å². The Labute approximate surface area is 124 Å². The Morgan fingerprint density at radius 2 is 2.21 bits per heavy atom. The zero-order valence-electron chi connectivity index (χ0n) is 10.1. The van der Waals surface area contributed by atoms with Crippen molar-refractivity contribution in [1.82, 2.24) is 4.98 Å². The van der Waals surface area contributed by atoms with E-state index < -0.39 is 10.0 Å². The fraction of sp³-hybridized carbons (Fsp3) is 0.182. The van der Waals surface area contributed by atoms with Gasteiger partial charge in [-0.1, -0.05) is 0 Å². The van der Waals surface area contributed by atoms with Crippen LogP contribution in [0.15, 0.2) is 32.4 Å². The quantitative estimate of drug-likeness (QED) is 0.875. The molecule has 2 heterocycles. The van der Waals surface area contributed by atoms with Gasteiger partial charge in [0.1, 0.15) is 10.0 Å². The predicted molar refractivity (Wildman–Crippen MR) is 79.7 cm³/mol. The van der Waals surface area contributed by atoms with Gasteiger partial charge in [0.05, 0.1) is 0 Å². The molecular formula is C11H12BrN3O2S2. The normalized spacial score (nSPS) is 11.5. The second-order valence-electron chi connectivity index (χ2n) is 3.90. The summed E-state index contributed by atoms with van der Waals surface area (Å²) in [5.41, 5.74) is 7.17. The number of sulfonamides is 1. The van der Waals surface area contributed by atoms with E-state index in [2.05, 4.69) is 25.6 Å². The summed E-state index contributed by atoms with van der Waals surface area (Å²) in [6.07, 6.45) is 1.56. The van der Waals surface area contributed by atoms with Gasteiger partial charge >= 0.3 is 0 Å². The Kier molecular flexibility index (Phi) is 4.24. The number of halogens is 1. The Bertz CT molecular complexity index is 698. The number of aromatic nitrogens is 1. The third kappa shape index (κ3) is 3.33. The molecule has 0 saturated carbocycles. The molecule has 2 rings (SSSR count). The molecule has 0 radical (unpaired) electrons. The monoisotopic (exact) mass is 361 g/mol. The molecule has 0 spiro atoms. The minimum atomic E-state index is -3.60. The highest BCUT2D eigenvalue weighted by Crippen LogP contribution is 2.23. The highest BCUT2D eigenvalue weighted by Gasteiger charge is 2.17. The zero-order valence-corrected chi connectivity index (χ0v) is 13.3. The van der Waals surface area contributed by atoms with Gasteiger partial charge in [0, 0.05) is 17.2 Å². The van der Waals surface area contributed by atoms with Gasteiger partial charge in [-0.15, -0.1) is 11.3 Å². The molecule has 2 aromatic heterocycles. The number of nitrogens with zero attached hydrogens (tertiary/aromatic N) is 1. The minimum Gasteiger partial charge on any atom is -0.326 e. The summed E-state index contributed by atoms with van der Waals surface area (Å²) in [7, 11) is -3.60. The average Bonchev–Trinajstić information content (AvgIpc) is 2.83. The Balaban J connectivity index is 2.28. The molecule has 0 aliphatic carbocycles. The number of thiophene rings is 1. The van der Waals surface area contributed by atoms with Gasteiger partial charge in [-0.3, -0.25) is 4.72 Å². The second kappa shape index (κ2) is 5.58. The highest BCUT2D eigenvalue weighted by atomic mass is 79.9. The van der Waals surface area contributed by atoms with Crippen LogP contribution in [0.1, 0.15) is 11.1 Å². The fourth-order valence-corrected chi connectivity index (χ4v) is 3.82. The number of pyridine rings is 1. The van der Waals surface area contributed by atoms with Crippen molar-refractivity contribution in [2.24, 2.45) is 5.73 Å². The third-order valence-electron chi connectivity index (χ3n) is 2.42. The summed E-state index contributed by atoms with van der Waals surface area (Å²) >= 11 is 4.46. The second-order valence-corrected chi connectivity index (χ2v) is 7.58. The maximum Gasteiger partial charge on any atom is 0.272 e. The number of hydrogen-bond donors (Lipinski definition) is 2. The molecule has 0 fully saturated rings. The summed E-state index contributed by atoms with van der Waals surface area (Å²) in [4.78, 5) is 4.02. The van der Waals surface area contributed by atoms with Crippen LogP contribution in [-0.4, -0.2) is 13.4 Å². The molecule has 0 aromatic carbocycles. The summed E-state index contributed by atoms with van der Waals surface area (Å²) in [6, 6.07) is 3.23. The van der Waals surface area contributed by atoms with Crippen LogP contribution in [0.2, 0.25) is 0 Å². The molecule has 3 N–H and O–H groups in total. The SMILES string of the molecule is Cc1cc(NS(=O)(=O)c2cc(CN)cs2)ncc1Br. The first-order valence-electron chi connectivity index (χ1n) is 5.35. The number of anilines is 1. The first-order valence-corrected chi connectivity index (χ1v) is 8.50. The molecule has 0 aliphatic heterocycles. The lowest BCUT2D eigenvalue weighted by Gasteiger charge is -2.06. The van der Waals surface area contributed by atoms with E-state index in [1.807, 2.05) is 6.92 Å². The maximum atomic E-state index is 12.1. The van der Waals surface area contributed by atoms with Crippen molar-refractivity contribution in [1.29, 1.82) is 0 Å². The van der Waals surface area contributed by atoms with Gasteiger partial charge in [0.2, 0.25) is 0 Å². The smallest absolute Gasteiger partial charge is 0.272 e. The maximum absolute atomic E-state index is 12.1. The Hall–Kier alpha value is -0.960. The Morgan fingerprint density at radius 3 is 2.79 bits per heavy atom. The van der Waals surface area contributed by atoms with Crippen LogP contribution in [-0.2, 0) is 16.6 Å². The van der Waals surface area contributed by atoms with Gasteiger partial charge < -0.3 is 5.73 Å². The zero-order chi connectivity index (χ0) is 14.0.